The highest BCUT2D eigenvalue weighted by molar-refractivity contribution is 5.10. The SMILES string of the molecule is Cc1nnc(Cn2ccc(CNC(C)C)c2)o1. The Hall–Kier alpha value is -1.62. The summed E-state index contributed by atoms with van der Waals surface area (Å²) in [4.78, 5) is 0. The topological polar surface area (TPSA) is 55.9 Å². The molecule has 5 nitrogen and oxygen atoms in total. The molecule has 0 unspecified atom stereocenters. The molecule has 2 aromatic heterocycles. The molecule has 0 radical (unpaired) electrons. The first-order valence-electron chi connectivity index (χ1n) is 5.80. The lowest BCUT2D eigenvalue weighted by Gasteiger charge is -2.05. The van der Waals surface area contributed by atoms with E-state index in [9.17, 15) is 0 Å². The minimum atomic E-state index is 0.497. The van der Waals surface area contributed by atoms with Gasteiger partial charge >= 0.3 is 0 Å². The van der Waals surface area contributed by atoms with Crippen molar-refractivity contribution in [1.29, 1.82) is 0 Å². The monoisotopic (exact) mass is 234 g/mol. The fourth-order valence-corrected chi connectivity index (χ4v) is 1.57. The van der Waals surface area contributed by atoms with Crippen molar-refractivity contribution in [2.24, 2.45) is 0 Å². The highest BCUT2D eigenvalue weighted by Gasteiger charge is 2.04. The van der Waals surface area contributed by atoms with Gasteiger partial charge in [-0.1, -0.05) is 13.8 Å². The van der Waals surface area contributed by atoms with Crippen molar-refractivity contribution in [3.05, 3.63) is 35.8 Å². The first kappa shape index (κ1) is 11.9. The van der Waals surface area contributed by atoms with Crippen molar-refractivity contribution < 1.29 is 4.42 Å². The van der Waals surface area contributed by atoms with E-state index >= 15 is 0 Å². The van der Waals surface area contributed by atoms with Crippen molar-refractivity contribution >= 4 is 0 Å². The molecule has 5 heteroatoms. The summed E-state index contributed by atoms with van der Waals surface area (Å²) in [5.74, 6) is 1.25. The molecule has 0 saturated carbocycles. The number of rotatable bonds is 5. The summed E-state index contributed by atoms with van der Waals surface area (Å²) in [6.07, 6.45) is 4.12. The fraction of sp³-hybridized carbons (Fsp3) is 0.500. The van der Waals surface area contributed by atoms with E-state index in [0.29, 0.717) is 24.4 Å². The second kappa shape index (κ2) is 5.14. The molecule has 0 aliphatic carbocycles. The highest BCUT2D eigenvalue weighted by Crippen LogP contribution is 2.05. The zero-order valence-corrected chi connectivity index (χ0v) is 10.5. The molecule has 0 atom stereocenters. The number of aromatic nitrogens is 3. The summed E-state index contributed by atoms with van der Waals surface area (Å²) in [6, 6.07) is 2.59. The van der Waals surface area contributed by atoms with E-state index in [0.717, 1.165) is 6.54 Å². The third kappa shape index (κ3) is 3.42. The zero-order valence-electron chi connectivity index (χ0n) is 10.5. The van der Waals surface area contributed by atoms with Gasteiger partial charge < -0.3 is 14.3 Å². The maximum Gasteiger partial charge on any atom is 0.236 e. The van der Waals surface area contributed by atoms with Crippen LogP contribution in [0.25, 0.3) is 0 Å². The van der Waals surface area contributed by atoms with Gasteiger partial charge in [-0.3, -0.25) is 0 Å². The van der Waals surface area contributed by atoms with E-state index in [2.05, 4.69) is 41.6 Å². The van der Waals surface area contributed by atoms with Gasteiger partial charge in [0.15, 0.2) is 0 Å². The molecular formula is C12H18N4O. The Morgan fingerprint density at radius 1 is 1.41 bits per heavy atom. The van der Waals surface area contributed by atoms with Crippen molar-refractivity contribution in [3.63, 3.8) is 0 Å². The molecule has 2 aromatic rings. The molecule has 0 bridgehead atoms. The number of aryl methyl sites for hydroxylation is 1. The van der Waals surface area contributed by atoms with Crippen LogP contribution in [0.5, 0.6) is 0 Å². The normalized spacial score (nSPS) is 11.3. The van der Waals surface area contributed by atoms with Gasteiger partial charge in [0, 0.05) is 31.9 Å². The van der Waals surface area contributed by atoms with E-state index in [1.807, 2.05) is 10.8 Å². The third-order valence-electron chi connectivity index (χ3n) is 2.41. The smallest absolute Gasteiger partial charge is 0.236 e. The van der Waals surface area contributed by atoms with E-state index in [1.165, 1.54) is 5.56 Å². The minimum Gasteiger partial charge on any atom is -0.424 e. The molecule has 0 aromatic carbocycles. The molecule has 0 spiro atoms. The lowest BCUT2D eigenvalue weighted by molar-refractivity contribution is 0.454. The van der Waals surface area contributed by atoms with Crippen molar-refractivity contribution in [2.75, 3.05) is 0 Å². The van der Waals surface area contributed by atoms with Gasteiger partial charge in [-0.05, 0) is 11.6 Å². The summed E-state index contributed by atoms with van der Waals surface area (Å²) >= 11 is 0. The van der Waals surface area contributed by atoms with Crippen molar-refractivity contribution in [2.45, 2.75) is 39.9 Å². The average molecular weight is 234 g/mol. The van der Waals surface area contributed by atoms with E-state index in [1.54, 1.807) is 6.92 Å². The van der Waals surface area contributed by atoms with Crippen LogP contribution in [0, 0.1) is 6.92 Å². The highest BCUT2D eigenvalue weighted by atomic mass is 16.4. The van der Waals surface area contributed by atoms with Gasteiger partial charge in [0.05, 0.1) is 0 Å². The Morgan fingerprint density at radius 2 is 2.24 bits per heavy atom. The number of nitrogens with one attached hydrogen (secondary N) is 1. The van der Waals surface area contributed by atoms with Crippen molar-refractivity contribution in [1.82, 2.24) is 20.1 Å². The van der Waals surface area contributed by atoms with Gasteiger partial charge in [0.2, 0.25) is 11.8 Å². The molecule has 17 heavy (non-hydrogen) atoms. The van der Waals surface area contributed by atoms with Crippen LogP contribution < -0.4 is 5.32 Å². The molecule has 1 N–H and O–H groups in total. The van der Waals surface area contributed by atoms with Gasteiger partial charge in [-0.2, -0.15) is 0 Å². The van der Waals surface area contributed by atoms with E-state index < -0.39 is 0 Å². The Bertz CT molecular complexity index is 472. The minimum absolute atomic E-state index is 0.497. The second-order valence-corrected chi connectivity index (χ2v) is 4.44. The molecule has 2 rings (SSSR count). The van der Waals surface area contributed by atoms with Crippen LogP contribution in [0.3, 0.4) is 0 Å². The number of nitrogens with zero attached hydrogens (tertiary/aromatic N) is 3. The predicted molar refractivity (Wildman–Crippen MR) is 64.5 cm³/mol. The maximum absolute atomic E-state index is 5.34. The first-order valence-corrected chi connectivity index (χ1v) is 5.80. The molecular weight excluding hydrogens is 216 g/mol. The average Bonchev–Trinajstić information content (AvgIpc) is 2.86. The molecule has 2 heterocycles. The van der Waals surface area contributed by atoms with Gasteiger partial charge in [-0.15, -0.1) is 10.2 Å². The standard InChI is InChI=1S/C12H18N4O/c1-9(2)13-6-11-4-5-16(7-11)8-12-15-14-10(3)17-12/h4-5,7,9,13H,6,8H2,1-3H3. The van der Waals surface area contributed by atoms with Gasteiger partial charge in [0.1, 0.15) is 6.54 Å². The van der Waals surface area contributed by atoms with Crippen LogP contribution in [-0.2, 0) is 13.1 Å². The van der Waals surface area contributed by atoms with Crippen LogP contribution in [0.2, 0.25) is 0 Å². The van der Waals surface area contributed by atoms with Crippen LogP contribution in [0.1, 0.15) is 31.2 Å². The molecule has 0 amide bonds. The molecule has 0 aliphatic heterocycles. The summed E-state index contributed by atoms with van der Waals surface area (Å²) in [7, 11) is 0. The Balaban J connectivity index is 1.94. The lowest BCUT2D eigenvalue weighted by Crippen LogP contribution is -2.21. The summed E-state index contributed by atoms with van der Waals surface area (Å²) in [6.45, 7) is 7.58. The van der Waals surface area contributed by atoms with Gasteiger partial charge in [-0.25, -0.2) is 0 Å². The predicted octanol–water partition coefficient (Wildman–Crippen LogP) is 1.73. The Kier molecular flexibility index (Phi) is 3.58. The maximum atomic E-state index is 5.34. The Morgan fingerprint density at radius 3 is 2.88 bits per heavy atom. The Labute approximate surface area is 101 Å². The largest absolute Gasteiger partial charge is 0.424 e. The van der Waals surface area contributed by atoms with Crippen molar-refractivity contribution in [3.8, 4) is 0 Å². The van der Waals surface area contributed by atoms with E-state index in [4.69, 9.17) is 4.42 Å². The van der Waals surface area contributed by atoms with Crippen LogP contribution in [0.4, 0.5) is 0 Å². The van der Waals surface area contributed by atoms with E-state index in [-0.39, 0.29) is 0 Å². The summed E-state index contributed by atoms with van der Waals surface area (Å²) < 4.78 is 7.38. The van der Waals surface area contributed by atoms with Gasteiger partial charge in [0.25, 0.3) is 0 Å². The third-order valence-corrected chi connectivity index (χ3v) is 2.41. The first-order chi connectivity index (χ1) is 8.13. The molecule has 92 valence electrons. The molecule has 0 saturated heterocycles. The lowest BCUT2D eigenvalue weighted by atomic mass is 10.3. The number of hydrogen-bond acceptors (Lipinski definition) is 4. The quantitative estimate of drug-likeness (QED) is 0.856. The zero-order chi connectivity index (χ0) is 12.3. The molecule has 0 aliphatic rings. The van der Waals surface area contributed by atoms with Crippen LogP contribution in [-0.4, -0.2) is 20.8 Å². The summed E-state index contributed by atoms with van der Waals surface area (Å²) in [5.41, 5.74) is 1.26. The summed E-state index contributed by atoms with van der Waals surface area (Å²) in [5, 5.41) is 11.2. The van der Waals surface area contributed by atoms with Crippen LogP contribution >= 0.6 is 0 Å². The van der Waals surface area contributed by atoms with Crippen LogP contribution in [0.15, 0.2) is 22.9 Å². The fourth-order valence-electron chi connectivity index (χ4n) is 1.57. The molecule has 0 fully saturated rings. The second-order valence-electron chi connectivity index (χ2n) is 4.44. The number of hydrogen-bond donors (Lipinski definition) is 1.